The van der Waals surface area contributed by atoms with Crippen molar-refractivity contribution in [1.82, 2.24) is 4.98 Å². The van der Waals surface area contributed by atoms with Crippen molar-refractivity contribution in [3.05, 3.63) is 30.1 Å². The van der Waals surface area contributed by atoms with Gasteiger partial charge in [0, 0.05) is 17.2 Å². The van der Waals surface area contributed by atoms with Crippen molar-refractivity contribution < 1.29 is 0 Å². The van der Waals surface area contributed by atoms with Crippen molar-refractivity contribution in [3.8, 4) is 0 Å². The van der Waals surface area contributed by atoms with Gasteiger partial charge in [-0.15, -0.1) is 0 Å². The Labute approximate surface area is 126 Å². The van der Waals surface area contributed by atoms with Crippen LogP contribution in [0.25, 0.3) is 0 Å². The van der Waals surface area contributed by atoms with E-state index < -0.39 is 0 Å². The maximum Gasteiger partial charge on any atom is 0.0270 e. The third kappa shape index (κ3) is 3.39. The molecule has 2 rings (SSSR count). The molecular weight excluding hydrogens is 298 g/mol. The van der Waals surface area contributed by atoms with Crippen LogP contribution in [-0.4, -0.2) is 9.81 Å². The first-order valence-corrected chi connectivity index (χ1v) is 8.51. The van der Waals surface area contributed by atoms with Crippen LogP contribution in [0.5, 0.6) is 0 Å². The predicted octanol–water partition coefficient (Wildman–Crippen LogP) is 5.56. The van der Waals surface area contributed by atoms with Crippen LogP contribution in [0.1, 0.15) is 64.4 Å². The first kappa shape index (κ1) is 15.0. The minimum absolute atomic E-state index is 0.497. The Morgan fingerprint density at radius 1 is 1.16 bits per heavy atom. The molecule has 0 aromatic carbocycles. The highest BCUT2D eigenvalue weighted by molar-refractivity contribution is 9.09. The molecular formula is C17H26BrN. The van der Waals surface area contributed by atoms with Gasteiger partial charge in [-0.1, -0.05) is 49.5 Å². The number of halogens is 1. The molecule has 2 unspecified atom stereocenters. The molecule has 2 heteroatoms. The Bertz CT molecular complexity index is 382. The molecule has 0 amide bonds. The standard InChI is InChI=1S/C17H26BrN/c1-13(2)12-17(8-4-5-9-17)16(18)14(3)15-6-10-19-11-7-15/h6-7,10-11,13-14,16H,4-5,8-9,12H2,1-3H3. The molecule has 19 heavy (non-hydrogen) atoms. The van der Waals surface area contributed by atoms with E-state index in [1.54, 1.807) is 0 Å². The third-order valence-electron chi connectivity index (χ3n) is 4.67. The number of nitrogens with zero attached hydrogens (tertiary/aromatic N) is 1. The lowest BCUT2D eigenvalue weighted by Crippen LogP contribution is -2.33. The molecule has 0 bridgehead atoms. The molecule has 1 nitrogen and oxygen atoms in total. The van der Waals surface area contributed by atoms with Crippen LogP contribution >= 0.6 is 15.9 Å². The highest BCUT2D eigenvalue weighted by Gasteiger charge is 2.42. The summed E-state index contributed by atoms with van der Waals surface area (Å²) in [6.45, 7) is 7.07. The van der Waals surface area contributed by atoms with Crippen LogP contribution in [0.3, 0.4) is 0 Å². The lowest BCUT2D eigenvalue weighted by atomic mass is 9.71. The zero-order chi connectivity index (χ0) is 13.9. The normalized spacial score (nSPS) is 21.5. The molecule has 1 aromatic rings. The molecule has 0 saturated heterocycles. The third-order valence-corrected chi connectivity index (χ3v) is 6.43. The number of hydrogen-bond donors (Lipinski definition) is 0. The van der Waals surface area contributed by atoms with E-state index >= 15 is 0 Å². The molecule has 0 spiro atoms. The van der Waals surface area contributed by atoms with Crippen molar-refractivity contribution in [1.29, 1.82) is 0 Å². The molecule has 1 aliphatic carbocycles. The fourth-order valence-corrected chi connectivity index (χ4v) is 4.80. The van der Waals surface area contributed by atoms with Crippen LogP contribution < -0.4 is 0 Å². The summed E-state index contributed by atoms with van der Waals surface area (Å²) in [5.41, 5.74) is 1.91. The minimum Gasteiger partial charge on any atom is -0.265 e. The number of pyridine rings is 1. The van der Waals surface area contributed by atoms with Crippen molar-refractivity contribution in [2.24, 2.45) is 11.3 Å². The number of rotatable bonds is 5. The number of alkyl halides is 1. The van der Waals surface area contributed by atoms with Crippen LogP contribution in [-0.2, 0) is 0 Å². The number of aromatic nitrogens is 1. The van der Waals surface area contributed by atoms with E-state index in [1.807, 2.05) is 12.4 Å². The fourth-order valence-electron chi connectivity index (χ4n) is 3.85. The topological polar surface area (TPSA) is 12.9 Å². The summed E-state index contributed by atoms with van der Waals surface area (Å²) in [5, 5.41) is 0. The monoisotopic (exact) mass is 323 g/mol. The molecule has 1 fully saturated rings. The number of hydrogen-bond acceptors (Lipinski definition) is 1. The van der Waals surface area contributed by atoms with Crippen LogP contribution in [0.2, 0.25) is 0 Å². The van der Waals surface area contributed by atoms with E-state index in [-0.39, 0.29) is 0 Å². The van der Waals surface area contributed by atoms with Gasteiger partial charge in [-0.3, -0.25) is 4.98 Å². The molecule has 1 aromatic heterocycles. The van der Waals surface area contributed by atoms with Gasteiger partial charge in [0.1, 0.15) is 0 Å². The minimum atomic E-state index is 0.497. The van der Waals surface area contributed by atoms with E-state index in [0.717, 1.165) is 5.92 Å². The maximum atomic E-state index is 4.14. The Morgan fingerprint density at radius 3 is 2.26 bits per heavy atom. The zero-order valence-corrected chi connectivity index (χ0v) is 14.0. The largest absolute Gasteiger partial charge is 0.265 e. The average Bonchev–Trinajstić information content (AvgIpc) is 2.87. The van der Waals surface area contributed by atoms with Crippen molar-refractivity contribution in [2.45, 2.75) is 63.6 Å². The van der Waals surface area contributed by atoms with Gasteiger partial charge in [0.25, 0.3) is 0 Å². The van der Waals surface area contributed by atoms with Gasteiger partial charge in [0.15, 0.2) is 0 Å². The van der Waals surface area contributed by atoms with Gasteiger partial charge in [0.2, 0.25) is 0 Å². The van der Waals surface area contributed by atoms with Crippen molar-refractivity contribution in [3.63, 3.8) is 0 Å². The highest BCUT2D eigenvalue weighted by Crippen LogP contribution is 2.52. The Balaban J connectivity index is 2.17. The summed E-state index contributed by atoms with van der Waals surface area (Å²) in [4.78, 5) is 4.71. The fraction of sp³-hybridized carbons (Fsp3) is 0.706. The Kier molecular flexibility index (Phi) is 5.05. The van der Waals surface area contributed by atoms with E-state index in [0.29, 0.717) is 16.2 Å². The van der Waals surface area contributed by atoms with Gasteiger partial charge in [0.05, 0.1) is 0 Å². The zero-order valence-electron chi connectivity index (χ0n) is 12.4. The van der Waals surface area contributed by atoms with Crippen LogP contribution in [0.4, 0.5) is 0 Å². The maximum absolute atomic E-state index is 4.14. The predicted molar refractivity (Wildman–Crippen MR) is 85.7 cm³/mol. The molecule has 1 saturated carbocycles. The second-order valence-electron chi connectivity index (χ2n) is 6.64. The summed E-state index contributed by atoms with van der Waals surface area (Å²) in [6.07, 6.45) is 10.7. The Morgan fingerprint density at radius 2 is 1.74 bits per heavy atom. The molecule has 0 N–H and O–H groups in total. The lowest BCUT2D eigenvalue weighted by molar-refractivity contribution is 0.215. The average molecular weight is 324 g/mol. The molecule has 0 aliphatic heterocycles. The summed E-state index contributed by atoms with van der Waals surface area (Å²) < 4.78 is 0. The smallest absolute Gasteiger partial charge is 0.0270 e. The summed E-state index contributed by atoms with van der Waals surface area (Å²) >= 11 is 4.07. The second-order valence-corrected chi connectivity index (χ2v) is 7.62. The summed E-state index contributed by atoms with van der Waals surface area (Å²) in [7, 11) is 0. The van der Waals surface area contributed by atoms with E-state index in [1.165, 1.54) is 37.7 Å². The van der Waals surface area contributed by atoms with Crippen LogP contribution in [0, 0.1) is 11.3 Å². The molecule has 0 radical (unpaired) electrons. The van der Waals surface area contributed by atoms with E-state index in [4.69, 9.17) is 0 Å². The Hall–Kier alpha value is -0.370. The van der Waals surface area contributed by atoms with Gasteiger partial charge >= 0.3 is 0 Å². The first-order valence-electron chi connectivity index (χ1n) is 7.59. The molecule has 2 atom stereocenters. The SMILES string of the molecule is CC(C)CC1(C(Br)C(C)c2ccncc2)CCCC1. The van der Waals surface area contributed by atoms with Gasteiger partial charge in [-0.25, -0.2) is 0 Å². The lowest BCUT2D eigenvalue weighted by Gasteiger charge is -2.39. The van der Waals surface area contributed by atoms with Gasteiger partial charge in [-0.2, -0.15) is 0 Å². The van der Waals surface area contributed by atoms with Gasteiger partial charge in [-0.05, 0) is 54.2 Å². The van der Waals surface area contributed by atoms with Crippen molar-refractivity contribution in [2.75, 3.05) is 0 Å². The van der Waals surface area contributed by atoms with Gasteiger partial charge < -0.3 is 0 Å². The first-order chi connectivity index (χ1) is 9.05. The van der Waals surface area contributed by atoms with Crippen molar-refractivity contribution >= 4 is 15.9 Å². The molecule has 106 valence electrons. The summed E-state index contributed by atoms with van der Waals surface area (Å²) in [6, 6.07) is 4.33. The van der Waals surface area contributed by atoms with Crippen LogP contribution in [0.15, 0.2) is 24.5 Å². The van der Waals surface area contributed by atoms with E-state index in [9.17, 15) is 0 Å². The second kappa shape index (κ2) is 6.39. The summed E-state index contributed by atoms with van der Waals surface area (Å²) in [5.74, 6) is 1.34. The quantitative estimate of drug-likeness (QED) is 0.647. The van der Waals surface area contributed by atoms with E-state index in [2.05, 4.69) is 53.8 Å². The highest BCUT2D eigenvalue weighted by atomic mass is 79.9. The molecule has 1 aliphatic rings. The molecule has 1 heterocycles.